The van der Waals surface area contributed by atoms with Gasteiger partial charge in [-0.1, -0.05) is 24.4 Å². The van der Waals surface area contributed by atoms with Gasteiger partial charge in [0.05, 0.1) is 5.02 Å². The lowest BCUT2D eigenvalue weighted by Crippen LogP contribution is -2.54. The molecule has 1 aliphatic carbocycles. The van der Waals surface area contributed by atoms with Gasteiger partial charge >= 0.3 is 0 Å². The lowest BCUT2D eigenvalue weighted by molar-refractivity contribution is -0.137. The fraction of sp³-hybridized carbons (Fsp3) is 0.571. The van der Waals surface area contributed by atoms with E-state index in [-0.39, 0.29) is 18.4 Å². The van der Waals surface area contributed by atoms with Crippen molar-refractivity contribution < 1.29 is 9.59 Å². The molecule has 1 saturated carbocycles. The molecular weight excluding hydrogens is 296 g/mol. The van der Waals surface area contributed by atoms with Gasteiger partial charge in [0.25, 0.3) is 5.91 Å². The first-order chi connectivity index (χ1) is 9.66. The molecule has 4 nitrogen and oxygen atoms in total. The van der Waals surface area contributed by atoms with E-state index in [2.05, 4.69) is 0 Å². The molecule has 2 aliphatic rings. The molecule has 1 saturated heterocycles. The summed E-state index contributed by atoms with van der Waals surface area (Å²) in [5.74, 6) is -0.0476. The van der Waals surface area contributed by atoms with Crippen LogP contribution in [0.3, 0.4) is 0 Å². The van der Waals surface area contributed by atoms with Crippen molar-refractivity contribution in [1.82, 2.24) is 9.80 Å². The maximum Gasteiger partial charge on any atom is 0.265 e. The van der Waals surface area contributed by atoms with Gasteiger partial charge in [0.15, 0.2) is 0 Å². The molecule has 2 fully saturated rings. The Morgan fingerprint density at radius 2 is 2.05 bits per heavy atom. The fourth-order valence-corrected chi connectivity index (χ4v) is 4.15. The highest BCUT2D eigenvalue weighted by molar-refractivity contribution is 7.12. The Bertz CT molecular complexity index is 525. The van der Waals surface area contributed by atoms with Gasteiger partial charge in [0, 0.05) is 19.1 Å². The molecule has 3 rings (SSSR count). The van der Waals surface area contributed by atoms with Crippen LogP contribution in [0.5, 0.6) is 0 Å². The second kappa shape index (κ2) is 5.74. The van der Waals surface area contributed by atoms with Crippen molar-refractivity contribution in [3.8, 4) is 0 Å². The lowest BCUT2D eigenvalue weighted by Gasteiger charge is -2.37. The normalized spacial score (nSPS) is 20.8. The average molecular weight is 313 g/mol. The van der Waals surface area contributed by atoms with Crippen LogP contribution >= 0.6 is 22.9 Å². The molecule has 0 spiro atoms. The quantitative estimate of drug-likeness (QED) is 0.842. The van der Waals surface area contributed by atoms with E-state index in [0.29, 0.717) is 29.0 Å². The Balaban J connectivity index is 1.66. The first-order valence-electron chi connectivity index (χ1n) is 6.98. The number of nitrogens with zero attached hydrogens (tertiary/aromatic N) is 2. The van der Waals surface area contributed by atoms with Gasteiger partial charge < -0.3 is 9.80 Å². The zero-order chi connectivity index (χ0) is 14.1. The summed E-state index contributed by atoms with van der Waals surface area (Å²) in [7, 11) is 0. The second-order valence-corrected chi connectivity index (χ2v) is 6.67. The van der Waals surface area contributed by atoms with Crippen LogP contribution in [0.2, 0.25) is 5.02 Å². The average Bonchev–Trinajstić information content (AvgIpc) is 3.09. The molecule has 0 bridgehead atoms. The highest BCUT2D eigenvalue weighted by Gasteiger charge is 2.33. The summed E-state index contributed by atoms with van der Waals surface area (Å²) in [6, 6.07) is 2.11. The minimum atomic E-state index is -0.121. The molecule has 0 unspecified atom stereocenters. The van der Waals surface area contributed by atoms with Crippen LogP contribution < -0.4 is 0 Å². The molecule has 0 aromatic carbocycles. The van der Waals surface area contributed by atoms with Crippen LogP contribution in [0.1, 0.15) is 35.4 Å². The Hall–Kier alpha value is -1.07. The number of thiophene rings is 1. The number of rotatable bonds is 2. The van der Waals surface area contributed by atoms with Gasteiger partial charge in [-0.25, -0.2) is 0 Å². The fourth-order valence-electron chi connectivity index (χ4n) is 3.05. The Labute approximate surface area is 127 Å². The van der Waals surface area contributed by atoms with Gasteiger partial charge in [-0.2, -0.15) is 0 Å². The van der Waals surface area contributed by atoms with Crippen molar-refractivity contribution in [1.29, 1.82) is 0 Å². The first kappa shape index (κ1) is 13.9. The van der Waals surface area contributed by atoms with E-state index in [9.17, 15) is 9.59 Å². The van der Waals surface area contributed by atoms with Crippen molar-refractivity contribution in [3.63, 3.8) is 0 Å². The predicted molar refractivity (Wildman–Crippen MR) is 79.2 cm³/mol. The molecule has 2 amide bonds. The number of carbonyl (C=O) groups is 2. The summed E-state index contributed by atoms with van der Waals surface area (Å²) < 4.78 is 0. The predicted octanol–water partition coefficient (Wildman–Crippen LogP) is 2.63. The van der Waals surface area contributed by atoms with E-state index in [1.807, 2.05) is 4.90 Å². The lowest BCUT2D eigenvalue weighted by atomic mass is 10.1. The van der Waals surface area contributed by atoms with Crippen molar-refractivity contribution in [2.45, 2.75) is 31.7 Å². The van der Waals surface area contributed by atoms with Gasteiger partial charge in [-0.15, -0.1) is 11.3 Å². The molecule has 1 aromatic heterocycles. The highest BCUT2D eigenvalue weighted by atomic mass is 35.5. The van der Waals surface area contributed by atoms with Gasteiger partial charge in [0.1, 0.15) is 11.4 Å². The minimum absolute atomic E-state index is 0.0733. The molecule has 0 radical (unpaired) electrons. The molecule has 0 atom stereocenters. The van der Waals surface area contributed by atoms with Crippen LogP contribution in [0.4, 0.5) is 0 Å². The van der Waals surface area contributed by atoms with E-state index in [1.165, 1.54) is 24.2 Å². The van der Waals surface area contributed by atoms with Crippen molar-refractivity contribution in [3.05, 3.63) is 21.3 Å². The summed E-state index contributed by atoms with van der Waals surface area (Å²) in [5.41, 5.74) is 0. The maximum absolute atomic E-state index is 12.3. The number of amides is 2. The van der Waals surface area contributed by atoms with Crippen molar-refractivity contribution >= 4 is 34.8 Å². The molecular formula is C14H17ClN2O2S. The summed E-state index contributed by atoms with van der Waals surface area (Å²) in [4.78, 5) is 28.7. The van der Waals surface area contributed by atoms with Crippen LogP contribution in [0, 0.1) is 0 Å². The third kappa shape index (κ3) is 2.56. The van der Waals surface area contributed by atoms with E-state index in [1.54, 1.807) is 16.3 Å². The molecule has 6 heteroatoms. The Kier molecular flexibility index (Phi) is 3.98. The largest absolute Gasteiger partial charge is 0.336 e. The van der Waals surface area contributed by atoms with Gasteiger partial charge in [-0.3, -0.25) is 9.59 Å². The number of hydrogen-bond acceptors (Lipinski definition) is 3. The van der Waals surface area contributed by atoms with Gasteiger partial charge in [0.2, 0.25) is 5.91 Å². The maximum atomic E-state index is 12.3. The standard InChI is InChI=1S/C14H17ClN2O2S/c15-11-5-8-20-13(11)14(19)16-6-7-17(12(18)9-16)10-3-1-2-4-10/h5,8,10H,1-4,6-7,9H2. The number of piperazine rings is 1. The summed E-state index contributed by atoms with van der Waals surface area (Å²) in [6.45, 7) is 1.44. The monoisotopic (exact) mass is 312 g/mol. The molecule has 1 aliphatic heterocycles. The van der Waals surface area contributed by atoms with Crippen molar-refractivity contribution in [2.24, 2.45) is 0 Å². The van der Waals surface area contributed by atoms with E-state index < -0.39 is 0 Å². The van der Waals surface area contributed by atoms with E-state index >= 15 is 0 Å². The molecule has 1 aromatic rings. The number of hydrogen-bond donors (Lipinski definition) is 0. The van der Waals surface area contributed by atoms with Crippen LogP contribution in [0.25, 0.3) is 0 Å². The summed E-state index contributed by atoms with van der Waals surface area (Å²) in [5, 5.41) is 2.28. The van der Waals surface area contributed by atoms with E-state index in [4.69, 9.17) is 11.6 Å². The first-order valence-corrected chi connectivity index (χ1v) is 8.24. The van der Waals surface area contributed by atoms with Crippen LogP contribution in [-0.2, 0) is 4.79 Å². The van der Waals surface area contributed by atoms with Crippen LogP contribution in [0.15, 0.2) is 11.4 Å². The van der Waals surface area contributed by atoms with Crippen molar-refractivity contribution in [2.75, 3.05) is 19.6 Å². The zero-order valence-corrected chi connectivity index (χ0v) is 12.8. The topological polar surface area (TPSA) is 40.6 Å². The number of carbonyl (C=O) groups excluding carboxylic acids is 2. The SMILES string of the molecule is O=C(c1sccc1Cl)N1CCN(C2CCCC2)C(=O)C1. The number of halogens is 1. The third-order valence-corrected chi connectivity index (χ3v) is 5.45. The third-order valence-electron chi connectivity index (χ3n) is 4.12. The molecule has 20 heavy (non-hydrogen) atoms. The molecule has 108 valence electrons. The molecule has 0 N–H and O–H groups in total. The molecule has 2 heterocycles. The Morgan fingerprint density at radius 3 is 2.65 bits per heavy atom. The zero-order valence-electron chi connectivity index (χ0n) is 11.2. The van der Waals surface area contributed by atoms with Gasteiger partial charge in [-0.05, 0) is 24.3 Å². The van der Waals surface area contributed by atoms with E-state index in [0.717, 1.165) is 12.8 Å². The summed E-state index contributed by atoms with van der Waals surface area (Å²) >= 11 is 7.32. The highest BCUT2D eigenvalue weighted by Crippen LogP contribution is 2.27. The smallest absolute Gasteiger partial charge is 0.265 e. The minimum Gasteiger partial charge on any atom is -0.336 e. The second-order valence-electron chi connectivity index (χ2n) is 5.35. The Morgan fingerprint density at radius 1 is 1.30 bits per heavy atom. The summed E-state index contributed by atoms with van der Waals surface area (Å²) in [6.07, 6.45) is 4.64. The van der Waals surface area contributed by atoms with Crippen LogP contribution in [-0.4, -0.2) is 47.3 Å².